The normalized spacial score (nSPS) is 11.2. The van der Waals surface area contributed by atoms with Gasteiger partial charge in [0.25, 0.3) is 0 Å². The molecule has 1 aromatic heterocycles. The highest BCUT2D eigenvalue weighted by Gasteiger charge is 2.14. The molecule has 0 amide bonds. The van der Waals surface area contributed by atoms with Crippen LogP contribution in [-0.2, 0) is 0 Å². The first kappa shape index (κ1) is 29.9. The van der Waals surface area contributed by atoms with Gasteiger partial charge in [-0.3, -0.25) is 0 Å². The Morgan fingerprint density at radius 3 is 1.20 bits per heavy atom. The van der Waals surface area contributed by atoms with Crippen LogP contribution in [0.1, 0.15) is 0 Å². The predicted molar refractivity (Wildman–Crippen MR) is 216 cm³/mol. The van der Waals surface area contributed by atoms with Crippen molar-refractivity contribution in [1.29, 1.82) is 0 Å². The molecule has 0 saturated heterocycles. The Kier molecular flexibility index (Phi) is 7.77. The molecule has 0 saturated carbocycles. The number of hydrogen-bond donors (Lipinski definition) is 0. The minimum absolute atomic E-state index is 1.11. The molecule has 0 aliphatic heterocycles. The lowest BCUT2D eigenvalue weighted by atomic mass is 9.98. The van der Waals surface area contributed by atoms with E-state index in [2.05, 4.69) is 205 Å². The molecular weight excluding hydrogens is 623 g/mol. The summed E-state index contributed by atoms with van der Waals surface area (Å²) in [5.41, 5.74) is 13.0. The van der Waals surface area contributed by atoms with E-state index in [4.69, 9.17) is 0 Å². The summed E-state index contributed by atoms with van der Waals surface area (Å²) < 4.78 is 2.66. The first-order valence-electron chi connectivity index (χ1n) is 17.0. The first-order valence-corrected chi connectivity index (χ1v) is 17.8. The summed E-state index contributed by atoms with van der Waals surface area (Å²) in [7, 11) is 0. The molecule has 0 radical (unpaired) electrons. The Morgan fingerprint density at radius 2 is 0.640 bits per heavy atom. The molecule has 1 nitrogen and oxygen atoms in total. The lowest BCUT2D eigenvalue weighted by molar-refractivity contribution is 1.28. The van der Waals surface area contributed by atoms with Crippen LogP contribution in [0.15, 0.2) is 200 Å². The molecule has 8 aromatic carbocycles. The number of benzene rings is 8. The summed E-state index contributed by atoms with van der Waals surface area (Å²) in [4.78, 5) is 2.34. The van der Waals surface area contributed by atoms with Crippen LogP contribution in [0.25, 0.3) is 64.7 Å². The van der Waals surface area contributed by atoms with Crippen LogP contribution in [0, 0.1) is 0 Å². The molecule has 0 N–H and O–H groups in total. The number of fused-ring (bicyclic) bond motifs is 3. The predicted octanol–water partition coefficient (Wildman–Crippen LogP) is 14.2. The Labute approximate surface area is 297 Å². The molecule has 0 aliphatic rings. The van der Waals surface area contributed by atoms with E-state index in [-0.39, 0.29) is 0 Å². The van der Waals surface area contributed by atoms with Crippen molar-refractivity contribution in [2.24, 2.45) is 0 Å². The van der Waals surface area contributed by atoms with Gasteiger partial charge in [0.2, 0.25) is 0 Å². The fourth-order valence-corrected chi connectivity index (χ4v) is 8.05. The Morgan fingerprint density at radius 1 is 0.260 bits per heavy atom. The highest BCUT2D eigenvalue weighted by molar-refractivity contribution is 7.25. The summed E-state index contributed by atoms with van der Waals surface area (Å²) in [6.45, 7) is 0. The lowest BCUT2D eigenvalue weighted by Crippen LogP contribution is -2.09. The highest BCUT2D eigenvalue weighted by Crippen LogP contribution is 2.39. The van der Waals surface area contributed by atoms with E-state index in [1.807, 2.05) is 11.3 Å². The summed E-state index contributed by atoms with van der Waals surface area (Å²) in [5, 5.41) is 2.66. The minimum atomic E-state index is 1.11. The van der Waals surface area contributed by atoms with Crippen LogP contribution in [0.4, 0.5) is 17.1 Å². The van der Waals surface area contributed by atoms with Gasteiger partial charge in [-0.25, -0.2) is 0 Å². The van der Waals surface area contributed by atoms with Gasteiger partial charge in [-0.1, -0.05) is 146 Å². The van der Waals surface area contributed by atoms with Gasteiger partial charge >= 0.3 is 0 Å². The third-order valence-electron chi connectivity index (χ3n) is 9.50. The highest BCUT2D eigenvalue weighted by atomic mass is 32.1. The standard InChI is InChI=1S/C48H33NS/c1-3-10-34(11-4-1)36-18-25-42(26-19-36)49(43-27-20-37(21-28-43)35-12-5-2-6-13-35)44-29-22-38(23-30-44)39-14-9-15-40(32-39)41-24-31-46-45-16-7-8-17-47(45)50-48(46)33-41/h1-33H. The van der Waals surface area contributed by atoms with Gasteiger partial charge in [0, 0.05) is 37.2 Å². The van der Waals surface area contributed by atoms with Crippen molar-refractivity contribution in [3.05, 3.63) is 200 Å². The maximum atomic E-state index is 2.34. The zero-order chi connectivity index (χ0) is 33.3. The van der Waals surface area contributed by atoms with Crippen LogP contribution in [0.3, 0.4) is 0 Å². The van der Waals surface area contributed by atoms with Crippen molar-refractivity contribution < 1.29 is 0 Å². The van der Waals surface area contributed by atoms with Crippen molar-refractivity contribution >= 4 is 48.6 Å². The first-order chi connectivity index (χ1) is 24.8. The van der Waals surface area contributed by atoms with Crippen LogP contribution in [0.2, 0.25) is 0 Å². The van der Waals surface area contributed by atoms with Gasteiger partial charge in [0.1, 0.15) is 0 Å². The monoisotopic (exact) mass is 655 g/mol. The van der Waals surface area contributed by atoms with E-state index in [0.29, 0.717) is 0 Å². The summed E-state index contributed by atoms with van der Waals surface area (Å²) in [5.74, 6) is 0. The third-order valence-corrected chi connectivity index (χ3v) is 10.6. The Bertz CT molecular complexity index is 2470. The van der Waals surface area contributed by atoms with Crippen LogP contribution in [0.5, 0.6) is 0 Å². The number of rotatable bonds is 7. The largest absolute Gasteiger partial charge is 0.311 e. The van der Waals surface area contributed by atoms with E-state index in [9.17, 15) is 0 Å². The van der Waals surface area contributed by atoms with Gasteiger partial charge in [-0.05, 0) is 99.1 Å². The molecule has 1 heterocycles. The molecule has 50 heavy (non-hydrogen) atoms. The van der Waals surface area contributed by atoms with E-state index in [0.717, 1.165) is 17.1 Å². The molecule has 0 fully saturated rings. The fourth-order valence-electron chi connectivity index (χ4n) is 6.90. The molecule has 0 atom stereocenters. The molecule has 0 spiro atoms. The van der Waals surface area contributed by atoms with E-state index in [1.165, 1.54) is 64.7 Å². The summed E-state index contributed by atoms with van der Waals surface area (Å²) in [6.07, 6.45) is 0. The fraction of sp³-hybridized carbons (Fsp3) is 0. The Hall–Kier alpha value is -6.22. The van der Waals surface area contributed by atoms with Gasteiger partial charge in [0.05, 0.1) is 0 Å². The number of thiophene rings is 1. The molecule has 9 rings (SSSR count). The molecule has 2 heteroatoms. The second kappa shape index (κ2) is 13.0. The third kappa shape index (κ3) is 5.77. The molecule has 9 aromatic rings. The van der Waals surface area contributed by atoms with Crippen molar-refractivity contribution in [2.45, 2.75) is 0 Å². The second-order valence-corrected chi connectivity index (χ2v) is 13.7. The molecular formula is C48H33NS. The van der Waals surface area contributed by atoms with Gasteiger partial charge < -0.3 is 4.90 Å². The van der Waals surface area contributed by atoms with Gasteiger partial charge in [0.15, 0.2) is 0 Å². The molecule has 0 bridgehead atoms. The number of hydrogen-bond acceptors (Lipinski definition) is 2. The van der Waals surface area contributed by atoms with Crippen molar-refractivity contribution in [1.82, 2.24) is 0 Å². The summed E-state index contributed by atoms with van der Waals surface area (Å²) in [6, 6.07) is 72.3. The van der Waals surface area contributed by atoms with Gasteiger partial charge in [-0.2, -0.15) is 0 Å². The summed E-state index contributed by atoms with van der Waals surface area (Å²) >= 11 is 1.87. The van der Waals surface area contributed by atoms with E-state index >= 15 is 0 Å². The van der Waals surface area contributed by atoms with E-state index in [1.54, 1.807) is 0 Å². The molecule has 0 unspecified atom stereocenters. The van der Waals surface area contributed by atoms with Crippen LogP contribution in [-0.4, -0.2) is 0 Å². The van der Waals surface area contributed by atoms with Crippen LogP contribution >= 0.6 is 11.3 Å². The quantitative estimate of drug-likeness (QED) is 0.165. The van der Waals surface area contributed by atoms with E-state index < -0.39 is 0 Å². The van der Waals surface area contributed by atoms with Gasteiger partial charge in [-0.15, -0.1) is 11.3 Å². The average Bonchev–Trinajstić information content (AvgIpc) is 3.58. The lowest BCUT2D eigenvalue weighted by Gasteiger charge is -2.26. The SMILES string of the molecule is c1ccc(-c2ccc(N(c3ccc(-c4ccccc4)cc3)c3ccc(-c4cccc(-c5ccc6c(c5)sc5ccccc56)c4)cc3)cc2)cc1. The average molecular weight is 656 g/mol. The zero-order valence-electron chi connectivity index (χ0n) is 27.4. The maximum absolute atomic E-state index is 2.34. The van der Waals surface area contributed by atoms with Crippen molar-refractivity contribution in [3.8, 4) is 44.5 Å². The molecule has 0 aliphatic carbocycles. The Balaban J connectivity index is 1.05. The number of anilines is 3. The van der Waals surface area contributed by atoms with Crippen molar-refractivity contribution in [3.63, 3.8) is 0 Å². The topological polar surface area (TPSA) is 3.24 Å². The van der Waals surface area contributed by atoms with Crippen molar-refractivity contribution in [2.75, 3.05) is 4.90 Å². The smallest absolute Gasteiger partial charge is 0.0462 e. The van der Waals surface area contributed by atoms with Crippen LogP contribution < -0.4 is 4.90 Å². The second-order valence-electron chi connectivity index (χ2n) is 12.6. The zero-order valence-corrected chi connectivity index (χ0v) is 28.2. The maximum Gasteiger partial charge on any atom is 0.0462 e. The number of nitrogens with zero attached hydrogens (tertiary/aromatic N) is 1. The minimum Gasteiger partial charge on any atom is -0.311 e. The molecule has 236 valence electrons.